The van der Waals surface area contributed by atoms with Crippen molar-refractivity contribution in [2.75, 3.05) is 25.1 Å². The van der Waals surface area contributed by atoms with Crippen LogP contribution < -0.4 is 10.6 Å². The molecule has 0 aliphatic carbocycles. The maximum atomic E-state index is 12.1. The van der Waals surface area contributed by atoms with E-state index >= 15 is 0 Å². The Hall–Kier alpha value is -3.21. The molecule has 1 aromatic heterocycles. The van der Waals surface area contributed by atoms with Crippen molar-refractivity contribution in [1.82, 2.24) is 10.3 Å². The van der Waals surface area contributed by atoms with Crippen LogP contribution in [0.4, 0.5) is 5.69 Å². The number of carbonyl (C=O) groups is 1. The molecule has 3 aromatic rings. The smallest absolute Gasteiger partial charge is 0.263 e. The standard InChI is InChI=1S/C23H24N4O2S/c1-3-29-12-4-11-25-22(28)18(14-24)15-26-19-8-6-17(7-9-19)23-27-20-10-5-16(2)13-21(20)30-23/h5-10,13,15,26H,3-4,11-12H2,1-2H3,(H,25,28)/b18-15-. The predicted molar refractivity (Wildman–Crippen MR) is 121 cm³/mol. The Labute approximate surface area is 180 Å². The first-order valence-electron chi connectivity index (χ1n) is 9.81. The van der Waals surface area contributed by atoms with Gasteiger partial charge in [-0.05, 0) is 62.2 Å². The summed E-state index contributed by atoms with van der Waals surface area (Å²) in [6.45, 7) is 5.70. The van der Waals surface area contributed by atoms with Gasteiger partial charge in [-0.25, -0.2) is 4.98 Å². The fourth-order valence-corrected chi connectivity index (χ4v) is 3.85. The first-order chi connectivity index (χ1) is 14.6. The van der Waals surface area contributed by atoms with Gasteiger partial charge in [-0.2, -0.15) is 5.26 Å². The van der Waals surface area contributed by atoms with Crippen molar-refractivity contribution in [2.45, 2.75) is 20.3 Å². The van der Waals surface area contributed by atoms with E-state index in [1.165, 1.54) is 16.5 Å². The number of benzene rings is 2. The SMILES string of the molecule is CCOCCCNC(=O)/C(C#N)=C\Nc1ccc(-c2nc3ccc(C)cc3s2)cc1. The number of aryl methyl sites for hydroxylation is 1. The summed E-state index contributed by atoms with van der Waals surface area (Å²) >= 11 is 1.66. The normalized spacial score (nSPS) is 11.3. The Morgan fingerprint density at radius 1 is 1.27 bits per heavy atom. The number of hydrogen-bond acceptors (Lipinski definition) is 6. The van der Waals surface area contributed by atoms with Crippen molar-refractivity contribution in [3.63, 3.8) is 0 Å². The maximum absolute atomic E-state index is 12.1. The van der Waals surface area contributed by atoms with E-state index < -0.39 is 5.91 Å². The lowest BCUT2D eigenvalue weighted by atomic mass is 10.2. The molecule has 2 N–H and O–H groups in total. The molecule has 30 heavy (non-hydrogen) atoms. The number of thiazole rings is 1. The summed E-state index contributed by atoms with van der Waals surface area (Å²) in [6, 6.07) is 15.9. The van der Waals surface area contributed by atoms with E-state index in [-0.39, 0.29) is 5.57 Å². The molecule has 3 rings (SSSR count). The number of carbonyl (C=O) groups excluding carboxylic acids is 1. The number of amides is 1. The Kier molecular flexibility index (Phi) is 7.55. The van der Waals surface area contributed by atoms with Crippen molar-refractivity contribution >= 4 is 33.1 Å². The van der Waals surface area contributed by atoms with Crippen molar-refractivity contribution in [1.29, 1.82) is 5.26 Å². The lowest BCUT2D eigenvalue weighted by Gasteiger charge is -2.06. The zero-order chi connectivity index (χ0) is 21.3. The number of fused-ring (bicyclic) bond motifs is 1. The molecule has 0 aliphatic heterocycles. The minimum absolute atomic E-state index is 0.0250. The lowest BCUT2D eigenvalue weighted by molar-refractivity contribution is -0.117. The number of aromatic nitrogens is 1. The number of anilines is 1. The largest absolute Gasteiger partial charge is 0.382 e. The van der Waals surface area contributed by atoms with Gasteiger partial charge >= 0.3 is 0 Å². The highest BCUT2D eigenvalue weighted by Gasteiger charge is 2.09. The molecule has 0 spiro atoms. The molecule has 2 aromatic carbocycles. The molecule has 0 atom stereocenters. The molecule has 0 saturated heterocycles. The van der Waals surface area contributed by atoms with Gasteiger partial charge < -0.3 is 15.4 Å². The van der Waals surface area contributed by atoms with Crippen LogP contribution in [-0.2, 0) is 9.53 Å². The Balaban J connectivity index is 1.61. The first-order valence-corrected chi connectivity index (χ1v) is 10.6. The van der Waals surface area contributed by atoms with E-state index in [2.05, 4.69) is 29.7 Å². The van der Waals surface area contributed by atoms with Gasteiger partial charge in [0.25, 0.3) is 5.91 Å². The molecule has 0 fully saturated rings. The van der Waals surface area contributed by atoms with Crippen LogP contribution in [0.25, 0.3) is 20.8 Å². The third-order valence-electron chi connectivity index (χ3n) is 4.38. The molecule has 1 amide bonds. The summed E-state index contributed by atoms with van der Waals surface area (Å²) in [6.07, 6.45) is 2.13. The highest BCUT2D eigenvalue weighted by atomic mass is 32.1. The van der Waals surface area contributed by atoms with Gasteiger partial charge in [0.15, 0.2) is 0 Å². The number of ether oxygens (including phenoxy) is 1. The van der Waals surface area contributed by atoms with E-state index in [0.717, 1.165) is 21.8 Å². The summed E-state index contributed by atoms with van der Waals surface area (Å²) in [7, 11) is 0. The molecule has 7 heteroatoms. The molecule has 0 aliphatic rings. The van der Waals surface area contributed by atoms with Crippen LogP contribution in [0.5, 0.6) is 0 Å². The van der Waals surface area contributed by atoms with E-state index in [0.29, 0.717) is 26.2 Å². The summed E-state index contributed by atoms with van der Waals surface area (Å²) in [5, 5.41) is 15.9. The molecule has 0 radical (unpaired) electrons. The van der Waals surface area contributed by atoms with Gasteiger partial charge in [0.1, 0.15) is 16.6 Å². The number of nitriles is 1. The van der Waals surface area contributed by atoms with Crippen LogP contribution in [0.3, 0.4) is 0 Å². The fraction of sp³-hybridized carbons (Fsp3) is 0.261. The van der Waals surface area contributed by atoms with Crippen LogP contribution >= 0.6 is 11.3 Å². The molecule has 6 nitrogen and oxygen atoms in total. The second-order valence-corrected chi connectivity index (χ2v) is 7.72. The molecule has 0 saturated carbocycles. The van der Waals surface area contributed by atoms with Crippen LogP contribution in [0.2, 0.25) is 0 Å². The predicted octanol–water partition coefficient (Wildman–Crippen LogP) is 4.63. The summed E-state index contributed by atoms with van der Waals surface area (Å²) in [5.41, 5.74) is 4.05. The van der Waals surface area contributed by atoms with E-state index in [1.807, 2.05) is 43.3 Å². The topological polar surface area (TPSA) is 87.0 Å². The Morgan fingerprint density at radius 2 is 2.07 bits per heavy atom. The number of nitrogens with one attached hydrogen (secondary N) is 2. The van der Waals surface area contributed by atoms with E-state index in [1.54, 1.807) is 11.3 Å². The van der Waals surface area contributed by atoms with Crippen molar-refractivity contribution in [3.8, 4) is 16.6 Å². The molecule has 0 bridgehead atoms. The fourth-order valence-electron chi connectivity index (χ4n) is 2.78. The van der Waals surface area contributed by atoms with Crippen LogP contribution in [-0.4, -0.2) is 30.6 Å². The minimum Gasteiger partial charge on any atom is -0.382 e. The van der Waals surface area contributed by atoms with Gasteiger partial charge in [-0.3, -0.25) is 4.79 Å². The van der Waals surface area contributed by atoms with E-state index in [4.69, 9.17) is 9.72 Å². The third-order valence-corrected chi connectivity index (χ3v) is 5.45. The zero-order valence-corrected chi connectivity index (χ0v) is 17.9. The average molecular weight is 421 g/mol. The molecular formula is C23H24N4O2S. The van der Waals surface area contributed by atoms with Gasteiger partial charge in [-0.15, -0.1) is 11.3 Å². The van der Waals surface area contributed by atoms with Crippen LogP contribution in [0, 0.1) is 18.3 Å². The lowest BCUT2D eigenvalue weighted by Crippen LogP contribution is -2.26. The van der Waals surface area contributed by atoms with Gasteiger partial charge in [0.05, 0.1) is 10.2 Å². The van der Waals surface area contributed by atoms with Crippen LogP contribution in [0.15, 0.2) is 54.2 Å². The number of hydrogen-bond donors (Lipinski definition) is 2. The van der Waals surface area contributed by atoms with Gasteiger partial charge in [0, 0.05) is 37.2 Å². The highest BCUT2D eigenvalue weighted by molar-refractivity contribution is 7.21. The van der Waals surface area contributed by atoms with Gasteiger partial charge in [0.2, 0.25) is 0 Å². The third kappa shape index (κ3) is 5.66. The monoisotopic (exact) mass is 420 g/mol. The molecule has 1 heterocycles. The number of nitrogens with zero attached hydrogens (tertiary/aromatic N) is 2. The summed E-state index contributed by atoms with van der Waals surface area (Å²) < 4.78 is 6.39. The summed E-state index contributed by atoms with van der Waals surface area (Å²) in [5.74, 6) is -0.400. The zero-order valence-electron chi connectivity index (χ0n) is 17.1. The van der Waals surface area contributed by atoms with Crippen molar-refractivity contribution < 1.29 is 9.53 Å². The molecular weight excluding hydrogens is 396 g/mol. The minimum atomic E-state index is -0.400. The van der Waals surface area contributed by atoms with Crippen molar-refractivity contribution in [3.05, 3.63) is 59.8 Å². The quantitative estimate of drug-likeness (QED) is 0.299. The van der Waals surface area contributed by atoms with Crippen molar-refractivity contribution in [2.24, 2.45) is 0 Å². The van der Waals surface area contributed by atoms with Crippen LogP contribution in [0.1, 0.15) is 18.9 Å². The average Bonchev–Trinajstić information content (AvgIpc) is 3.17. The first kappa shape index (κ1) is 21.5. The second kappa shape index (κ2) is 10.5. The summed E-state index contributed by atoms with van der Waals surface area (Å²) in [4.78, 5) is 16.8. The van der Waals surface area contributed by atoms with Gasteiger partial charge in [-0.1, -0.05) is 6.07 Å². The molecule has 0 unspecified atom stereocenters. The van der Waals surface area contributed by atoms with E-state index in [9.17, 15) is 10.1 Å². The highest BCUT2D eigenvalue weighted by Crippen LogP contribution is 2.31. The Bertz CT molecular complexity index is 1080. The second-order valence-electron chi connectivity index (χ2n) is 6.69. The molecule has 154 valence electrons. The Morgan fingerprint density at radius 3 is 2.80 bits per heavy atom. The maximum Gasteiger partial charge on any atom is 0.263 e. The number of rotatable bonds is 9.